The Kier molecular flexibility index (Phi) is 3.51. The molecule has 3 rings (SSSR count). The van der Waals surface area contributed by atoms with Gasteiger partial charge in [0.05, 0.1) is 6.04 Å². The third-order valence-electron chi connectivity index (χ3n) is 5.21. The highest BCUT2D eigenvalue weighted by molar-refractivity contribution is 5.84. The first kappa shape index (κ1) is 11.7. The van der Waals surface area contributed by atoms with Crippen LogP contribution in [0.25, 0.3) is 0 Å². The Morgan fingerprint density at radius 3 is 2.53 bits per heavy atom. The molecule has 0 amide bonds. The summed E-state index contributed by atoms with van der Waals surface area (Å²) >= 11 is 0. The molecule has 2 aliphatic carbocycles. The summed E-state index contributed by atoms with van der Waals surface area (Å²) in [6.07, 6.45) is 12.7. The van der Waals surface area contributed by atoms with Gasteiger partial charge in [0.15, 0.2) is 0 Å². The maximum absolute atomic E-state index is 12.1. The molecule has 1 saturated heterocycles. The topological polar surface area (TPSA) is 20.3 Å². The van der Waals surface area contributed by atoms with Gasteiger partial charge in [-0.15, -0.1) is 0 Å². The molecule has 3 fully saturated rings. The van der Waals surface area contributed by atoms with E-state index in [0.717, 1.165) is 31.2 Å². The van der Waals surface area contributed by atoms with Crippen molar-refractivity contribution < 1.29 is 4.79 Å². The first-order valence-corrected chi connectivity index (χ1v) is 7.65. The predicted octanol–water partition coefficient (Wildman–Crippen LogP) is 3.15. The number of Topliss-reactive ketones (excluding diaryl/α,β-unsaturated/α-hetero) is 1. The Morgan fingerprint density at radius 1 is 0.882 bits per heavy atom. The SMILES string of the molecule is O=C1CCCCC1N1CCC[C@H]2CCCC[C@H]21. The van der Waals surface area contributed by atoms with E-state index >= 15 is 0 Å². The lowest BCUT2D eigenvalue weighted by Gasteiger charge is -2.48. The number of rotatable bonds is 1. The monoisotopic (exact) mass is 235 g/mol. The zero-order valence-electron chi connectivity index (χ0n) is 10.9. The van der Waals surface area contributed by atoms with E-state index in [1.54, 1.807) is 0 Å². The van der Waals surface area contributed by atoms with Gasteiger partial charge in [-0.2, -0.15) is 0 Å². The number of fused-ring (bicyclic) bond motifs is 1. The molecule has 0 aromatic heterocycles. The second kappa shape index (κ2) is 5.09. The standard InChI is InChI=1S/C15H25NO/c17-15-10-4-3-9-14(15)16-11-5-7-12-6-1-2-8-13(12)16/h12-14H,1-11H2/t12-,13-,14?/m1/s1. The summed E-state index contributed by atoms with van der Waals surface area (Å²) in [6, 6.07) is 1.05. The van der Waals surface area contributed by atoms with Gasteiger partial charge >= 0.3 is 0 Å². The van der Waals surface area contributed by atoms with E-state index in [1.165, 1.54) is 51.5 Å². The summed E-state index contributed by atoms with van der Waals surface area (Å²) < 4.78 is 0. The Balaban J connectivity index is 1.73. The number of hydrogen-bond acceptors (Lipinski definition) is 2. The van der Waals surface area contributed by atoms with Gasteiger partial charge in [0.1, 0.15) is 5.78 Å². The van der Waals surface area contributed by atoms with Crippen LogP contribution in [0.2, 0.25) is 0 Å². The number of likely N-dealkylation sites (tertiary alicyclic amines) is 1. The highest BCUT2D eigenvalue weighted by Crippen LogP contribution is 2.37. The van der Waals surface area contributed by atoms with Crippen LogP contribution < -0.4 is 0 Å². The lowest BCUT2D eigenvalue weighted by molar-refractivity contribution is -0.129. The molecule has 1 aliphatic heterocycles. The van der Waals surface area contributed by atoms with Crippen molar-refractivity contribution in [3.8, 4) is 0 Å². The molecule has 1 heterocycles. The van der Waals surface area contributed by atoms with Gasteiger partial charge in [0.25, 0.3) is 0 Å². The first-order chi connectivity index (χ1) is 8.36. The Bertz CT molecular complexity index is 287. The Hall–Kier alpha value is -0.370. The normalized spacial score (nSPS) is 40.0. The number of carbonyl (C=O) groups excluding carboxylic acids is 1. The van der Waals surface area contributed by atoms with Gasteiger partial charge in [0, 0.05) is 12.5 Å². The van der Waals surface area contributed by atoms with Gasteiger partial charge in [-0.1, -0.05) is 19.3 Å². The second-order valence-corrected chi connectivity index (χ2v) is 6.22. The van der Waals surface area contributed by atoms with Gasteiger partial charge in [0.2, 0.25) is 0 Å². The van der Waals surface area contributed by atoms with Gasteiger partial charge < -0.3 is 0 Å². The van der Waals surface area contributed by atoms with Gasteiger partial charge in [-0.05, 0) is 51.0 Å². The summed E-state index contributed by atoms with van der Waals surface area (Å²) in [7, 11) is 0. The fourth-order valence-electron chi connectivity index (χ4n) is 4.37. The second-order valence-electron chi connectivity index (χ2n) is 6.22. The van der Waals surface area contributed by atoms with Crippen LogP contribution in [0.5, 0.6) is 0 Å². The van der Waals surface area contributed by atoms with Crippen LogP contribution in [0.3, 0.4) is 0 Å². The minimum absolute atomic E-state index is 0.301. The molecule has 0 N–H and O–H groups in total. The quantitative estimate of drug-likeness (QED) is 0.696. The fraction of sp³-hybridized carbons (Fsp3) is 0.933. The smallest absolute Gasteiger partial charge is 0.149 e. The zero-order valence-corrected chi connectivity index (χ0v) is 10.9. The molecule has 0 radical (unpaired) electrons. The minimum atomic E-state index is 0.301. The molecule has 3 atom stereocenters. The lowest BCUT2D eigenvalue weighted by atomic mass is 9.76. The molecule has 1 unspecified atom stereocenters. The maximum atomic E-state index is 12.1. The lowest BCUT2D eigenvalue weighted by Crippen LogP contribution is -2.54. The van der Waals surface area contributed by atoms with Gasteiger partial charge in [-0.25, -0.2) is 0 Å². The van der Waals surface area contributed by atoms with Crippen LogP contribution in [-0.2, 0) is 4.79 Å². The number of carbonyl (C=O) groups is 1. The summed E-state index contributed by atoms with van der Waals surface area (Å²) in [6.45, 7) is 1.19. The number of ketones is 1. The van der Waals surface area contributed by atoms with E-state index in [-0.39, 0.29) is 0 Å². The maximum Gasteiger partial charge on any atom is 0.149 e. The van der Waals surface area contributed by atoms with Gasteiger partial charge in [-0.3, -0.25) is 9.69 Å². The molecule has 2 saturated carbocycles. The number of nitrogens with zero attached hydrogens (tertiary/aromatic N) is 1. The summed E-state index contributed by atoms with van der Waals surface area (Å²) in [5.74, 6) is 1.45. The van der Waals surface area contributed by atoms with Crippen molar-refractivity contribution in [3.05, 3.63) is 0 Å². The first-order valence-electron chi connectivity index (χ1n) is 7.65. The minimum Gasteiger partial charge on any atom is -0.298 e. The Labute approximate surface area is 105 Å². The molecule has 0 bridgehead atoms. The van der Waals surface area contributed by atoms with Crippen molar-refractivity contribution in [2.24, 2.45) is 5.92 Å². The molecule has 0 aromatic rings. The van der Waals surface area contributed by atoms with Crippen molar-refractivity contribution in [2.75, 3.05) is 6.54 Å². The van der Waals surface area contributed by atoms with E-state index in [2.05, 4.69) is 4.90 Å². The third kappa shape index (κ3) is 2.29. The van der Waals surface area contributed by atoms with E-state index in [4.69, 9.17) is 0 Å². The predicted molar refractivity (Wildman–Crippen MR) is 68.9 cm³/mol. The van der Waals surface area contributed by atoms with Crippen LogP contribution in [0.15, 0.2) is 0 Å². The summed E-state index contributed by atoms with van der Waals surface area (Å²) in [4.78, 5) is 14.7. The summed E-state index contributed by atoms with van der Waals surface area (Å²) in [5.41, 5.74) is 0. The van der Waals surface area contributed by atoms with E-state index in [0.29, 0.717) is 11.8 Å². The van der Waals surface area contributed by atoms with Crippen LogP contribution in [-0.4, -0.2) is 29.3 Å². The third-order valence-corrected chi connectivity index (χ3v) is 5.21. The van der Waals surface area contributed by atoms with Crippen LogP contribution >= 0.6 is 0 Å². The fourth-order valence-corrected chi connectivity index (χ4v) is 4.37. The van der Waals surface area contributed by atoms with Crippen molar-refractivity contribution in [3.63, 3.8) is 0 Å². The van der Waals surface area contributed by atoms with Crippen molar-refractivity contribution in [1.29, 1.82) is 0 Å². The van der Waals surface area contributed by atoms with Crippen LogP contribution in [0.4, 0.5) is 0 Å². The average molecular weight is 235 g/mol. The summed E-state index contributed by atoms with van der Waals surface area (Å²) in [5, 5.41) is 0. The van der Waals surface area contributed by atoms with E-state index < -0.39 is 0 Å². The average Bonchev–Trinajstić information content (AvgIpc) is 2.39. The van der Waals surface area contributed by atoms with E-state index in [9.17, 15) is 4.79 Å². The Morgan fingerprint density at radius 2 is 1.65 bits per heavy atom. The molecule has 0 aromatic carbocycles. The van der Waals surface area contributed by atoms with E-state index in [1.807, 2.05) is 0 Å². The molecule has 0 spiro atoms. The molecule has 2 heteroatoms. The molecule has 3 aliphatic rings. The van der Waals surface area contributed by atoms with Crippen molar-refractivity contribution in [1.82, 2.24) is 4.90 Å². The molecule has 2 nitrogen and oxygen atoms in total. The van der Waals surface area contributed by atoms with Crippen LogP contribution in [0.1, 0.15) is 64.2 Å². The van der Waals surface area contributed by atoms with Crippen LogP contribution in [0, 0.1) is 5.92 Å². The molecular formula is C15H25NO. The zero-order chi connectivity index (χ0) is 11.7. The highest BCUT2D eigenvalue weighted by Gasteiger charge is 2.39. The largest absolute Gasteiger partial charge is 0.298 e. The molecular weight excluding hydrogens is 210 g/mol. The van der Waals surface area contributed by atoms with Crippen molar-refractivity contribution in [2.45, 2.75) is 76.3 Å². The number of hydrogen-bond donors (Lipinski definition) is 0. The highest BCUT2D eigenvalue weighted by atomic mass is 16.1. The number of piperidine rings is 1. The molecule has 17 heavy (non-hydrogen) atoms. The molecule has 96 valence electrons. The van der Waals surface area contributed by atoms with Crippen molar-refractivity contribution >= 4 is 5.78 Å².